The summed E-state index contributed by atoms with van der Waals surface area (Å²) < 4.78 is 0. The van der Waals surface area contributed by atoms with Crippen LogP contribution in [0.2, 0.25) is 0 Å². The van der Waals surface area contributed by atoms with Crippen LogP contribution >= 0.6 is 0 Å². The number of fused-ring (bicyclic) bond motifs is 1. The third-order valence-electron chi connectivity index (χ3n) is 8.98. The lowest BCUT2D eigenvalue weighted by atomic mass is 9.60. The number of aliphatic hydroxyl groups excluding tert-OH is 2. The summed E-state index contributed by atoms with van der Waals surface area (Å²) in [5.41, 5.74) is 2.41. The molecule has 0 aromatic heterocycles. The molecule has 3 fully saturated rings. The predicted molar refractivity (Wildman–Crippen MR) is 124 cm³/mol. The topological polar surface area (TPSA) is 60.7 Å². The van der Waals surface area contributed by atoms with Gasteiger partial charge < -0.3 is 15.3 Å². The molecule has 0 bridgehead atoms. The Kier molecular flexibility index (Phi) is 7.58. The predicted octanol–water partition coefficient (Wildman–Crippen LogP) is 5.78. The number of rotatable bonds is 6. The summed E-state index contributed by atoms with van der Waals surface area (Å²) in [6, 6.07) is 0. The molecule has 0 aromatic carbocycles. The highest BCUT2D eigenvalue weighted by Crippen LogP contribution is 2.60. The normalized spacial score (nSPS) is 39.9. The lowest BCUT2D eigenvalue weighted by Crippen LogP contribution is -2.38. The molecule has 0 aliphatic heterocycles. The second-order valence-electron chi connectivity index (χ2n) is 11.6. The molecule has 0 aromatic rings. The van der Waals surface area contributed by atoms with Crippen molar-refractivity contribution in [1.82, 2.24) is 0 Å². The van der Waals surface area contributed by atoms with E-state index in [2.05, 4.69) is 32.9 Å². The molecule has 3 rings (SSSR count). The van der Waals surface area contributed by atoms with Crippen molar-refractivity contribution in [2.75, 3.05) is 0 Å². The third-order valence-corrected chi connectivity index (χ3v) is 8.98. The molecule has 0 radical (unpaired) electrons. The Labute approximate surface area is 184 Å². The number of aliphatic hydroxyl groups is 3. The summed E-state index contributed by atoms with van der Waals surface area (Å²) in [5, 5.41) is 30.4. The summed E-state index contributed by atoms with van der Waals surface area (Å²) in [6.45, 7) is 10.6. The molecule has 3 saturated carbocycles. The minimum Gasteiger partial charge on any atom is -0.393 e. The maximum atomic E-state index is 10.3. The smallest absolute Gasteiger partial charge is 0.0849 e. The van der Waals surface area contributed by atoms with E-state index in [1.54, 1.807) is 19.4 Å². The van der Waals surface area contributed by atoms with Crippen LogP contribution in [0.1, 0.15) is 98.8 Å². The standard InChI is InChI=1S/C27H46O3/c1-18-8-12-22(28)17-21(18)11-10-20-7-6-16-27(5)23(13-14-24(20)27)19(2)9-15-25(29)26(3,4)30/h10-11,18-19,22-25,28-30H,6-9,12-17H2,1-5H3/b20-10+,21-11?/t18-,19+,22-,23+,24-,25-,27+/m0/s1. The van der Waals surface area contributed by atoms with E-state index in [9.17, 15) is 15.3 Å². The van der Waals surface area contributed by atoms with Gasteiger partial charge in [0, 0.05) is 0 Å². The molecule has 3 N–H and O–H groups in total. The minimum atomic E-state index is -1.01. The second-order valence-corrected chi connectivity index (χ2v) is 11.6. The monoisotopic (exact) mass is 418 g/mol. The average Bonchev–Trinajstić information content (AvgIpc) is 3.03. The fourth-order valence-electron chi connectivity index (χ4n) is 6.84. The van der Waals surface area contributed by atoms with Crippen LogP contribution in [0.3, 0.4) is 0 Å². The van der Waals surface area contributed by atoms with Crippen molar-refractivity contribution in [2.24, 2.45) is 29.1 Å². The summed E-state index contributed by atoms with van der Waals surface area (Å²) in [7, 11) is 0. The molecule has 3 nitrogen and oxygen atoms in total. The highest BCUT2D eigenvalue weighted by atomic mass is 16.3. The van der Waals surface area contributed by atoms with E-state index in [1.807, 2.05) is 0 Å². The van der Waals surface area contributed by atoms with E-state index < -0.39 is 11.7 Å². The summed E-state index contributed by atoms with van der Waals surface area (Å²) in [4.78, 5) is 0. The van der Waals surface area contributed by atoms with E-state index in [0.29, 0.717) is 35.5 Å². The fraction of sp³-hybridized carbons (Fsp3) is 0.852. The van der Waals surface area contributed by atoms with Gasteiger partial charge in [-0.3, -0.25) is 0 Å². The van der Waals surface area contributed by atoms with E-state index in [-0.39, 0.29) is 6.10 Å². The van der Waals surface area contributed by atoms with Crippen LogP contribution in [-0.4, -0.2) is 33.1 Å². The third kappa shape index (κ3) is 5.22. The van der Waals surface area contributed by atoms with Crippen molar-refractivity contribution in [1.29, 1.82) is 0 Å². The van der Waals surface area contributed by atoms with Crippen LogP contribution < -0.4 is 0 Å². The SMILES string of the molecule is C[C@H](CC[C@H](O)C(C)(C)O)[C@H]1CC[C@H]2/C(=C/C=C3C[C@@H](O)CC[C@@H]3C)CCC[C@]12C. The molecule has 0 saturated heterocycles. The van der Waals surface area contributed by atoms with Gasteiger partial charge >= 0.3 is 0 Å². The Balaban J connectivity index is 1.69. The highest BCUT2D eigenvalue weighted by molar-refractivity contribution is 5.26. The first-order valence-electron chi connectivity index (χ1n) is 12.5. The Morgan fingerprint density at radius 3 is 2.50 bits per heavy atom. The Hall–Kier alpha value is -0.640. The van der Waals surface area contributed by atoms with Gasteiger partial charge in [0.25, 0.3) is 0 Å². The zero-order chi connectivity index (χ0) is 22.1. The van der Waals surface area contributed by atoms with E-state index >= 15 is 0 Å². The maximum absolute atomic E-state index is 10.3. The van der Waals surface area contributed by atoms with Gasteiger partial charge in [-0.05, 0) is 107 Å². The molecule has 3 aliphatic rings. The zero-order valence-corrected chi connectivity index (χ0v) is 20.0. The highest BCUT2D eigenvalue weighted by Gasteiger charge is 2.50. The number of allylic oxidation sites excluding steroid dienone is 3. The van der Waals surface area contributed by atoms with E-state index in [0.717, 1.165) is 25.7 Å². The minimum absolute atomic E-state index is 0.154. The molecule has 172 valence electrons. The van der Waals surface area contributed by atoms with Crippen molar-refractivity contribution < 1.29 is 15.3 Å². The Bertz CT molecular complexity index is 643. The first-order valence-corrected chi connectivity index (χ1v) is 12.5. The van der Waals surface area contributed by atoms with Crippen molar-refractivity contribution in [3.63, 3.8) is 0 Å². The van der Waals surface area contributed by atoms with Gasteiger partial charge in [0.15, 0.2) is 0 Å². The van der Waals surface area contributed by atoms with Gasteiger partial charge in [-0.25, -0.2) is 0 Å². The average molecular weight is 419 g/mol. The van der Waals surface area contributed by atoms with Crippen LogP contribution in [0.4, 0.5) is 0 Å². The Morgan fingerprint density at radius 2 is 1.80 bits per heavy atom. The van der Waals surface area contributed by atoms with E-state index in [1.165, 1.54) is 37.7 Å². The van der Waals surface area contributed by atoms with E-state index in [4.69, 9.17) is 0 Å². The largest absolute Gasteiger partial charge is 0.393 e. The van der Waals surface area contributed by atoms with Gasteiger partial charge in [-0.15, -0.1) is 0 Å². The molecule has 7 atom stereocenters. The van der Waals surface area contributed by atoms with Crippen molar-refractivity contribution in [3.05, 3.63) is 23.3 Å². The second kappa shape index (κ2) is 9.46. The molecule has 0 unspecified atom stereocenters. The van der Waals surface area contributed by atoms with Crippen LogP contribution in [0.15, 0.2) is 23.3 Å². The molecule has 0 heterocycles. The van der Waals surface area contributed by atoms with Crippen LogP contribution in [0, 0.1) is 29.1 Å². The van der Waals surface area contributed by atoms with Gasteiger partial charge in [0.2, 0.25) is 0 Å². The Morgan fingerprint density at radius 1 is 1.10 bits per heavy atom. The summed E-state index contributed by atoms with van der Waals surface area (Å²) in [5.74, 6) is 2.55. The molecule has 0 amide bonds. The molecule has 3 heteroatoms. The maximum Gasteiger partial charge on any atom is 0.0849 e. The van der Waals surface area contributed by atoms with Crippen LogP contribution in [0.25, 0.3) is 0 Å². The summed E-state index contributed by atoms with van der Waals surface area (Å²) in [6.07, 6.45) is 14.9. The van der Waals surface area contributed by atoms with Crippen molar-refractivity contribution in [3.8, 4) is 0 Å². The van der Waals surface area contributed by atoms with Gasteiger partial charge in [-0.2, -0.15) is 0 Å². The first-order chi connectivity index (χ1) is 14.0. The molecule has 3 aliphatic carbocycles. The lowest BCUT2D eigenvalue weighted by Gasteiger charge is -2.44. The van der Waals surface area contributed by atoms with Gasteiger partial charge in [-0.1, -0.05) is 44.1 Å². The molecular weight excluding hydrogens is 372 g/mol. The van der Waals surface area contributed by atoms with Gasteiger partial charge in [0.05, 0.1) is 17.8 Å². The zero-order valence-electron chi connectivity index (χ0n) is 20.0. The summed E-state index contributed by atoms with van der Waals surface area (Å²) >= 11 is 0. The van der Waals surface area contributed by atoms with Gasteiger partial charge in [0.1, 0.15) is 0 Å². The molecular formula is C27H46O3. The number of hydrogen-bond acceptors (Lipinski definition) is 3. The molecule has 0 spiro atoms. The van der Waals surface area contributed by atoms with Crippen molar-refractivity contribution >= 4 is 0 Å². The first kappa shape index (κ1) is 24.0. The quantitative estimate of drug-likeness (QED) is 0.512. The molecule has 30 heavy (non-hydrogen) atoms. The number of hydrogen-bond donors (Lipinski definition) is 3. The van der Waals surface area contributed by atoms with Crippen LogP contribution in [0.5, 0.6) is 0 Å². The van der Waals surface area contributed by atoms with Crippen LogP contribution in [-0.2, 0) is 0 Å². The lowest BCUT2D eigenvalue weighted by molar-refractivity contribution is -0.0554. The fourth-order valence-corrected chi connectivity index (χ4v) is 6.84. The van der Waals surface area contributed by atoms with Crippen molar-refractivity contribution in [2.45, 2.75) is 117 Å².